The van der Waals surface area contributed by atoms with Crippen molar-refractivity contribution < 1.29 is 28.7 Å². The maximum atomic E-state index is 11.2. The van der Waals surface area contributed by atoms with E-state index in [2.05, 4.69) is 34.0 Å². The van der Waals surface area contributed by atoms with Gasteiger partial charge in [0.25, 0.3) is 0 Å². The van der Waals surface area contributed by atoms with Gasteiger partial charge in [-0.1, -0.05) is 40.3 Å². The minimum atomic E-state index is -0.576. The molecule has 2 N–H and O–H groups in total. The molecule has 30 heavy (non-hydrogen) atoms. The normalized spacial score (nSPS) is 11.1. The summed E-state index contributed by atoms with van der Waals surface area (Å²) in [6, 6.07) is -1.08. The molecule has 0 aliphatic carbocycles. The lowest BCUT2D eigenvalue weighted by Gasteiger charge is -2.16. The number of allylic oxidation sites excluding steroid dienone is 1. The van der Waals surface area contributed by atoms with Crippen LogP contribution in [0.3, 0.4) is 0 Å². The maximum absolute atomic E-state index is 11.2. The van der Waals surface area contributed by atoms with Gasteiger partial charge in [-0.25, -0.2) is 9.59 Å². The van der Waals surface area contributed by atoms with E-state index in [-0.39, 0.29) is 32.6 Å². The molecule has 2 amide bonds. The predicted molar refractivity (Wildman–Crippen MR) is 121 cm³/mol. The van der Waals surface area contributed by atoms with E-state index < -0.39 is 18.1 Å². The van der Waals surface area contributed by atoms with Gasteiger partial charge in [0.05, 0.1) is 14.2 Å². The van der Waals surface area contributed by atoms with Gasteiger partial charge < -0.3 is 20.1 Å². The maximum Gasteiger partial charge on any atom is 0.328 e. The molecular weight excluding hydrogens is 388 g/mol. The quantitative estimate of drug-likeness (QED) is 0.427. The van der Waals surface area contributed by atoms with Crippen LogP contribution in [0.25, 0.3) is 0 Å². The highest BCUT2D eigenvalue weighted by Crippen LogP contribution is 2.07. The lowest BCUT2D eigenvalue weighted by atomic mass is 10.0. The summed E-state index contributed by atoms with van der Waals surface area (Å²) in [4.78, 5) is 44.0. The number of amides is 2. The molecule has 0 aliphatic heterocycles. The van der Waals surface area contributed by atoms with Gasteiger partial charge in [0.1, 0.15) is 12.1 Å². The standard InChI is InChI=1S/C10H19NO3.C10H17NO3.2CH4/c2*1-7(2)5-6-9(10(13)14-4)11-8(3)12;;/h7,9H,5-6H2,1-4H3,(H,11,12);5,9H,6H2,1-4H3,(H,11,12);2*1H4/t2*9-;;/m00../s1. The Morgan fingerprint density at radius 2 is 1.17 bits per heavy atom. The molecule has 8 heteroatoms. The van der Waals surface area contributed by atoms with Gasteiger partial charge in [0.2, 0.25) is 11.8 Å². The number of ether oxygens (including phenoxy) is 2. The van der Waals surface area contributed by atoms with E-state index in [4.69, 9.17) is 0 Å². The van der Waals surface area contributed by atoms with Gasteiger partial charge in [-0.3, -0.25) is 9.59 Å². The first-order chi connectivity index (χ1) is 12.9. The minimum Gasteiger partial charge on any atom is -0.467 e. The number of carbonyl (C=O) groups is 4. The van der Waals surface area contributed by atoms with Crippen molar-refractivity contribution in [2.75, 3.05) is 14.2 Å². The first kappa shape index (κ1) is 35.1. The van der Waals surface area contributed by atoms with E-state index in [0.29, 0.717) is 18.8 Å². The van der Waals surface area contributed by atoms with Crippen LogP contribution in [0, 0.1) is 5.92 Å². The number of rotatable bonds is 9. The summed E-state index contributed by atoms with van der Waals surface area (Å²) in [6.45, 7) is 10.8. The Balaban J connectivity index is -0.000000211. The zero-order chi connectivity index (χ0) is 22.3. The Hall–Kier alpha value is -2.38. The monoisotopic (exact) mass is 432 g/mol. The molecule has 0 bridgehead atoms. The van der Waals surface area contributed by atoms with Crippen LogP contribution in [0.2, 0.25) is 0 Å². The molecule has 0 fully saturated rings. The molecule has 0 aromatic carbocycles. The van der Waals surface area contributed by atoms with E-state index in [1.165, 1.54) is 28.1 Å². The van der Waals surface area contributed by atoms with Crippen LogP contribution in [-0.2, 0) is 28.7 Å². The van der Waals surface area contributed by atoms with Crippen molar-refractivity contribution in [3.8, 4) is 0 Å². The zero-order valence-electron chi connectivity index (χ0n) is 18.4. The first-order valence-electron chi connectivity index (χ1n) is 9.27. The van der Waals surface area contributed by atoms with E-state index in [0.717, 1.165) is 12.0 Å². The van der Waals surface area contributed by atoms with E-state index in [1.54, 1.807) is 0 Å². The SMILES string of the molecule is C.C.COC(=O)[C@H](CC=C(C)C)NC(C)=O.COC(=O)[C@H](CCC(C)C)NC(C)=O. The number of nitrogens with one attached hydrogen (secondary N) is 2. The summed E-state index contributed by atoms with van der Waals surface area (Å²) in [6.07, 6.45) is 3.87. The fourth-order valence-electron chi connectivity index (χ4n) is 2.09. The lowest BCUT2D eigenvalue weighted by molar-refractivity contribution is -0.145. The van der Waals surface area contributed by atoms with Crippen molar-refractivity contribution in [1.29, 1.82) is 0 Å². The molecule has 0 spiro atoms. The highest BCUT2D eigenvalue weighted by Gasteiger charge is 2.20. The summed E-state index contributed by atoms with van der Waals surface area (Å²) >= 11 is 0. The summed E-state index contributed by atoms with van der Waals surface area (Å²) in [7, 11) is 2.63. The minimum absolute atomic E-state index is 0. The molecule has 178 valence electrons. The Labute approximate surface area is 183 Å². The number of hydrogen-bond acceptors (Lipinski definition) is 6. The van der Waals surface area contributed by atoms with E-state index >= 15 is 0 Å². The van der Waals surface area contributed by atoms with Crippen LogP contribution < -0.4 is 10.6 Å². The highest BCUT2D eigenvalue weighted by atomic mass is 16.5. The average Bonchev–Trinajstić information content (AvgIpc) is 2.60. The smallest absolute Gasteiger partial charge is 0.328 e. The van der Waals surface area contributed by atoms with Crippen molar-refractivity contribution in [2.24, 2.45) is 5.92 Å². The molecule has 0 aromatic heterocycles. The number of carbonyl (C=O) groups excluding carboxylic acids is 4. The van der Waals surface area contributed by atoms with Crippen LogP contribution >= 0.6 is 0 Å². The Morgan fingerprint density at radius 1 is 0.767 bits per heavy atom. The van der Waals surface area contributed by atoms with Gasteiger partial charge in [-0.2, -0.15) is 0 Å². The van der Waals surface area contributed by atoms with Crippen LogP contribution in [0.1, 0.15) is 75.7 Å². The second kappa shape index (κ2) is 19.9. The van der Waals surface area contributed by atoms with Crippen molar-refractivity contribution in [1.82, 2.24) is 10.6 Å². The van der Waals surface area contributed by atoms with Gasteiger partial charge in [0.15, 0.2) is 0 Å². The molecule has 0 aromatic rings. The molecule has 0 radical (unpaired) electrons. The largest absolute Gasteiger partial charge is 0.467 e. The summed E-state index contributed by atoms with van der Waals surface area (Å²) in [5, 5.41) is 5.10. The van der Waals surface area contributed by atoms with Crippen molar-refractivity contribution in [2.45, 2.75) is 87.7 Å². The lowest BCUT2D eigenvalue weighted by Crippen LogP contribution is -2.40. The molecule has 2 atom stereocenters. The summed E-state index contributed by atoms with van der Waals surface area (Å²) in [5.74, 6) is -0.721. The molecule has 8 nitrogen and oxygen atoms in total. The molecular formula is C22H44N2O6. The zero-order valence-corrected chi connectivity index (χ0v) is 18.4. The second-order valence-corrected chi connectivity index (χ2v) is 7.04. The second-order valence-electron chi connectivity index (χ2n) is 7.04. The molecule has 0 saturated carbocycles. The van der Waals surface area contributed by atoms with Gasteiger partial charge >= 0.3 is 11.9 Å². The fraction of sp³-hybridized carbons (Fsp3) is 0.727. The van der Waals surface area contributed by atoms with E-state index in [1.807, 2.05) is 19.9 Å². The van der Waals surface area contributed by atoms with Crippen molar-refractivity contribution in [3.05, 3.63) is 11.6 Å². The van der Waals surface area contributed by atoms with Crippen molar-refractivity contribution in [3.63, 3.8) is 0 Å². The first-order valence-corrected chi connectivity index (χ1v) is 9.27. The third kappa shape index (κ3) is 20.4. The van der Waals surface area contributed by atoms with Crippen molar-refractivity contribution >= 4 is 23.8 Å². The van der Waals surface area contributed by atoms with Gasteiger partial charge in [-0.05, 0) is 39.0 Å². The van der Waals surface area contributed by atoms with Crippen LogP contribution in [-0.4, -0.2) is 50.1 Å². The molecule has 0 saturated heterocycles. The number of hydrogen-bond donors (Lipinski definition) is 2. The molecule has 0 aliphatic rings. The molecule has 0 unspecified atom stereocenters. The average molecular weight is 433 g/mol. The fourth-order valence-corrected chi connectivity index (χ4v) is 2.09. The molecule has 0 heterocycles. The summed E-state index contributed by atoms with van der Waals surface area (Å²) in [5.41, 5.74) is 1.10. The number of methoxy groups -OCH3 is 2. The molecule has 0 rings (SSSR count). The van der Waals surface area contributed by atoms with Gasteiger partial charge in [-0.15, -0.1) is 0 Å². The van der Waals surface area contributed by atoms with E-state index in [9.17, 15) is 19.2 Å². The third-order valence-corrected chi connectivity index (χ3v) is 3.52. The Morgan fingerprint density at radius 3 is 1.50 bits per heavy atom. The van der Waals surface area contributed by atoms with Gasteiger partial charge in [0, 0.05) is 13.8 Å². The Bertz CT molecular complexity index is 540. The summed E-state index contributed by atoms with van der Waals surface area (Å²) < 4.78 is 9.15. The predicted octanol–water partition coefficient (Wildman–Crippen LogP) is 3.39. The highest BCUT2D eigenvalue weighted by molar-refractivity contribution is 5.83. The number of esters is 2. The Kier molecular flexibility index (Phi) is 23.3. The van der Waals surface area contributed by atoms with Crippen LogP contribution in [0.5, 0.6) is 0 Å². The third-order valence-electron chi connectivity index (χ3n) is 3.52. The van der Waals surface area contributed by atoms with Crippen LogP contribution in [0.4, 0.5) is 0 Å². The van der Waals surface area contributed by atoms with Crippen LogP contribution in [0.15, 0.2) is 11.6 Å². The topological polar surface area (TPSA) is 111 Å².